The first-order chi connectivity index (χ1) is 14.0. The van der Waals surface area contributed by atoms with E-state index in [2.05, 4.69) is 9.88 Å². The summed E-state index contributed by atoms with van der Waals surface area (Å²) >= 11 is 0. The number of fused-ring (bicyclic) bond motifs is 1. The molecule has 29 heavy (non-hydrogen) atoms. The van der Waals surface area contributed by atoms with Crippen molar-refractivity contribution in [2.24, 2.45) is 0 Å². The molecule has 152 valence electrons. The van der Waals surface area contributed by atoms with Crippen molar-refractivity contribution < 1.29 is 14.0 Å². The van der Waals surface area contributed by atoms with Crippen LogP contribution in [0.2, 0.25) is 0 Å². The Balaban J connectivity index is 1.42. The van der Waals surface area contributed by atoms with Crippen molar-refractivity contribution in [3.63, 3.8) is 0 Å². The molecule has 6 nitrogen and oxygen atoms in total. The van der Waals surface area contributed by atoms with Crippen LogP contribution in [0.1, 0.15) is 29.7 Å². The number of aromatic nitrogens is 1. The molecule has 0 saturated carbocycles. The first kappa shape index (κ1) is 19.5. The highest BCUT2D eigenvalue weighted by Gasteiger charge is 2.36. The van der Waals surface area contributed by atoms with Gasteiger partial charge in [-0.1, -0.05) is 18.2 Å². The molecule has 3 heterocycles. The summed E-state index contributed by atoms with van der Waals surface area (Å²) in [6, 6.07) is 10.4. The lowest BCUT2D eigenvalue weighted by atomic mass is 9.93. The van der Waals surface area contributed by atoms with E-state index < -0.39 is 5.92 Å². The minimum absolute atomic E-state index is 0.0290. The molecule has 0 radical (unpaired) electrons. The van der Waals surface area contributed by atoms with Gasteiger partial charge in [-0.2, -0.15) is 0 Å². The number of carbonyl (C=O) groups excluding carboxylic acids is 2. The molecule has 2 aliphatic heterocycles. The fourth-order valence-corrected chi connectivity index (χ4v) is 4.15. The number of nitrogens with zero attached hydrogens (tertiary/aromatic N) is 4. The third kappa shape index (κ3) is 4.29. The van der Waals surface area contributed by atoms with E-state index in [0.717, 1.165) is 29.9 Å². The van der Waals surface area contributed by atoms with Crippen LogP contribution in [-0.2, 0) is 22.7 Å². The van der Waals surface area contributed by atoms with Gasteiger partial charge < -0.3 is 9.80 Å². The van der Waals surface area contributed by atoms with Gasteiger partial charge in [0.2, 0.25) is 11.8 Å². The average Bonchev–Trinajstić information content (AvgIpc) is 2.73. The molecule has 1 fully saturated rings. The Bertz CT molecular complexity index is 911. The van der Waals surface area contributed by atoms with Crippen molar-refractivity contribution in [2.75, 3.05) is 32.7 Å². The van der Waals surface area contributed by atoms with Crippen LogP contribution in [0.25, 0.3) is 0 Å². The van der Waals surface area contributed by atoms with Crippen LogP contribution in [0.5, 0.6) is 0 Å². The minimum Gasteiger partial charge on any atom is -0.339 e. The Morgan fingerprint density at radius 2 is 1.90 bits per heavy atom. The number of rotatable bonds is 3. The van der Waals surface area contributed by atoms with E-state index in [1.54, 1.807) is 23.2 Å². The summed E-state index contributed by atoms with van der Waals surface area (Å²) in [5.41, 5.74) is 2.67. The zero-order chi connectivity index (χ0) is 20.4. The van der Waals surface area contributed by atoms with Crippen LogP contribution < -0.4 is 0 Å². The fourth-order valence-electron chi connectivity index (χ4n) is 4.15. The summed E-state index contributed by atoms with van der Waals surface area (Å²) in [7, 11) is 0. The summed E-state index contributed by atoms with van der Waals surface area (Å²) in [6.07, 6.45) is 1.71. The molecule has 7 heteroatoms. The van der Waals surface area contributed by atoms with Crippen LogP contribution in [-0.4, -0.2) is 64.2 Å². The Morgan fingerprint density at radius 1 is 1.10 bits per heavy atom. The van der Waals surface area contributed by atoms with Crippen LogP contribution in [0.3, 0.4) is 0 Å². The van der Waals surface area contributed by atoms with Gasteiger partial charge in [-0.15, -0.1) is 0 Å². The highest BCUT2D eigenvalue weighted by molar-refractivity contribution is 5.85. The molecule has 1 aromatic carbocycles. The largest absolute Gasteiger partial charge is 0.339 e. The van der Waals surface area contributed by atoms with E-state index in [4.69, 9.17) is 0 Å². The van der Waals surface area contributed by atoms with Crippen molar-refractivity contribution in [3.8, 4) is 0 Å². The van der Waals surface area contributed by atoms with Crippen LogP contribution >= 0.6 is 0 Å². The molecule has 0 aliphatic carbocycles. The van der Waals surface area contributed by atoms with E-state index in [1.807, 2.05) is 23.1 Å². The van der Waals surface area contributed by atoms with Gasteiger partial charge in [0, 0.05) is 58.9 Å². The van der Waals surface area contributed by atoms with Crippen molar-refractivity contribution in [2.45, 2.75) is 25.9 Å². The lowest BCUT2D eigenvalue weighted by Crippen LogP contribution is -2.52. The molecule has 4 rings (SSSR count). The van der Waals surface area contributed by atoms with E-state index in [0.29, 0.717) is 32.7 Å². The van der Waals surface area contributed by atoms with Gasteiger partial charge in [-0.05, 0) is 29.3 Å². The Morgan fingerprint density at radius 3 is 2.62 bits per heavy atom. The first-order valence-corrected chi connectivity index (χ1v) is 9.96. The minimum atomic E-state index is -0.418. The first-order valence-electron chi connectivity index (χ1n) is 9.96. The normalized spacial score (nSPS) is 19.7. The van der Waals surface area contributed by atoms with Gasteiger partial charge in [0.1, 0.15) is 5.82 Å². The monoisotopic (exact) mass is 396 g/mol. The van der Waals surface area contributed by atoms with Gasteiger partial charge in [0.05, 0.1) is 11.6 Å². The maximum absolute atomic E-state index is 13.4. The summed E-state index contributed by atoms with van der Waals surface area (Å²) in [6.45, 7) is 5.80. The maximum atomic E-state index is 13.4. The van der Waals surface area contributed by atoms with Crippen molar-refractivity contribution in [1.82, 2.24) is 19.7 Å². The Hall–Kier alpha value is -2.80. The number of carbonyl (C=O) groups is 2. The molecule has 1 aromatic heterocycles. The summed E-state index contributed by atoms with van der Waals surface area (Å²) in [5.74, 6) is -0.646. The number of halogens is 1. The molecule has 0 bridgehead atoms. The second kappa shape index (κ2) is 8.29. The van der Waals surface area contributed by atoms with Gasteiger partial charge in [0.25, 0.3) is 0 Å². The molecule has 2 amide bonds. The predicted molar refractivity (Wildman–Crippen MR) is 106 cm³/mol. The van der Waals surface area contributed by atoms with E-state index in [9.17, 15) is 14.0 Å². The highest BCUT2D eigenvalue weighted by atomic mass is 19.1. The van der Waals surface area contributed by atoms with Crippen molar-refractivity contribution >= 4 is 11.8 Å². The van der Waals surface area contributed by atoms with Gasteiger partial charge in [-0.3, -0.25) is 19.5 Å². The van der Waals surface area contributed by atoms with Crippen LogP contribution in [0, 0.1) is 5.82 Å². The summed E-state index contributed by atoms with van der Waals surface area (Å²) in [4.78, 5) is 35.5. The highest BCUT2D eigenvalue weighted by Crippen LogP contribution is 2.28. The standard InChI is InChI=1S/C22H25FN4O2/c1-16(28)27-14-18-5-3-7-24-21(18)20(15-27)22(29)26-10-8-25(9-11-26)13-17-4-2-6-19(23)12-17/h2-7,12,20H,8-11,13-15H2,1H3. The van der Waals surface area contributed by atoms with Crippen LogP contribution in [0.4, 0.5) is 4.39 Å². The van der Waals surface area contributed by atoms with Crippen molar-refractivity contribution in [1.29, 1.82) is 0 Å². The second-order valence-corrected chi connectivity index (χ2v) is 7.73. The zero-order valence-corrected chi connectivity index (χ0v) is 16.6. The molecule has 0 spiro atoms. The van der Waals surface area contributed by atoms with Gasteiger partial charge in [0.15, 0.2) is 0 Å². The number of hydrogen-bond acceptors (Lipinski definition) is 4. The quantitative estimate of drug-likeness (QED) is 0.797. The number of benzene rings is 1. The molecule has 0 N–H and O–H groups in total. The molecule has 1 unspecified atom stereocenters. The van der Waals surface area contributed by atoms with E-state index in [1.165, 1.54) is 13.0 Å². The summed E-state index contributed by atoms with van der Waals surface area (Å²) in [5, 5.41) is 0. The SMILES string of the molecule is CC(=O)N1Cc2cccnc2C(C(=O)N2CCN(Cc3cccc(F)c3)CC2)C1. The topological polar surface area (TPSA) is 56.8 Å². The smallest absolute Gasteiger partial charge is 0.233 e. The molecular weight excluding hydrogens is 371 g/mol. The average molecular weight is 396 g/mol. The number of hydrogen-bond donors (Lipinski definition) is 0. The lowest BCUT2D eigenvalue weighted by molar-refractivity contribution is -0.137. The fraction of sp³-hybridized carbons (Fsp3) is 0.409. The summed E-state index contributed by atoms with van der Waals surface area (Å²) < 4.78 is 13.4. The van der Waals surface area contributed by atoms with Gasteiger partial charge >= 0.3 is 0 Å². The third-order valence-corrected chi connectivity index (χ3v) is 5.74. The second-order valence-electron chi connectivity index (χ2n) is 7.73. The molecular formula is C22H25FN4O2. The van der Waals surface area contributed by atoms with Crippen LogP contribution in [0.15, 0.2) is 42.6 Å². The molecule has 2 aromatic rings. The van der Waals surface area contributed by atoms with E-state index >= 15 is 0 Å². The third-order valence-electron chi connectivity index (χ3n) is 5.74. The number of piperazine rings is 1. The zero-order valence-electron chi connectivity index (χ0n) is 16.6. The number of pyridine rings is 1. The van der Waals surface area contributed by atoms with Crippen molar-refractivity contribution in [3.05, 3.63) is 65.2 Å². The molecule has 2 aliphatic rings. The Kier molecular flexibility index (Phi) is 5.58. The maximum Gasteiger partial charge on any atom is 0.233 e. The Labute approximate surface area is 169 Å². The predicted octanol–water partition coefficient (Wildman–Crippen LogP) is 2.01. The lowest BCUT2D eigenvalue weighted by Gasteiger charge is -2.39. The molecule has 1 saturated heterocycles. The number of amides is 2. The van der Waals surface area contributed by atoms with Gasteiger partial charge in [-0.25, -0.2) is 4.39 Å². The molecule has 1 atom stereocenters. The van der Waals surface area contributed by atoms with E-state index in [-0.39, 0.29) is 17.6 Å².